The van der Waals surface area contributed by atoms with Crippen molar-refractivity contribution in [1.29, 1.82) is 0 Å². The summed E-state index contributed by atoms with van der Waals surface area (Å²) in [6.45, 7) is 5.27. The maximum atomic E-state index is 13.4. The van der Waals surface area contributed by atoms with E-state index in [1.54, 1.807) is 15.5 Å². The largest absolute Gasteiger partial charge is 0.342 e. The molecule has 108 valence electrons. The summed E-state index contributed by atoms with van der Waals surface area (Å²) in [6, 6.07) is 4.33. The van der Waals surface area contributed by atoms with Crippen LogP contribution in [0, 0.1) is 5.82 Å². The van der Waals surface area contributed by atoms with E-state index in [2.05, 4.69) is 4.98 Å². The van der Waals surface area contributed by atoms with Gasteiger partial charge in [0.25, 0.3) is 0 Å². The summed E-state index contributed by atoms with van der Waals surface area (Å²) < 4.78 is 15.1. The topological polar surface area (TPSA) is 38.1 Å². The predicted molar refractivity (Wildman–Crippen MR) is 77.2 cm³/mol. The van der Waals surface area contributed by atoms with Crippen LogP contribution in [0.1, 0.15) is 19.7 Å². The van der Waals surface area contributed by atoms with E-state index in [0.717, 1.165) is 0 Å². The fourth-order valence-electron chi connectivity index (χ4n) is 2.24. The van der Waals surface area contributed by atoms with Gasteiger partial charge in [0.1, 0.15) is 18.2 Å². The van der Waals surface area contributed by atoms with Gasteiger partial charge in [0.05, 0.1) is 16.9 Å². The average Bonchev–Trinajstić information content (AvgIpc) is 2.78. The van der Waals surface area contributed by atoms with Gasteiger partial charge in [-0.1, -0.05) is 0 Å². The molecule has 1 amide bonds. The zero-order chi connectivity index (χ0) is 14.7. The van der Waals surface area contributed by atoms with E-state index in [1.165, 1.54) is 12.1 Å². The summed E-state index contributed by atoms with van der Waals surface area (Å²) in [5.74, 6) is 0.384. The van der Waals surface area contributed by atoms with Crippen LogP contribution in [-0.2, 0) is 17.2 Å². The first-order valence-corrected chi connectivity index (χ1v) is 7.12. The number of halogens is 2. The second kappa shape index (κ2) is 6.22. The van der Waals surface area contributed by atoms with Crippen LogP contribution < -0.4 is 0 Å². The summed E-state index contributed by atoms with van der Waals surface area (Å²) in [4.78, 5) is 18.3. The highest BCUT2D eigenvalue weighted by Gasteiger charge is 2.16. The minimum atomic E-state index is -0.352. The Kier molecular flexibility index (Phi) is 4.60. The van der Waals surface area contributed by atoms with Crippen molar-refractivity contribution in [1.82, 2.24) is 14.5 Å². The van der Waals surface area contributed by atoms with Gasteiger partial charge >= 0.3 is 0 Å². The molecule has 0 N–H and O–H groups in total. The van der Waals surface area contributed by atoms with E-state index in [9.17, 15) is 9.18 Å². The second-order valence-corrected chi connectivity index (χ2v) is 4.71. The van der Waals surface area contributed by atoms with Crippen LogP contribution in [0.3, 0.4) is 0 Å². The van der Waals surface area contributed by atoms with E-state index in [0.29, 0.717) is 29.9 Å². The molecule has 2 aromatic rings. The number of rotatable bonds is 5. The van der Waals surface area contributed by atoms with Crippen molar-refractivity contribution in [3.8, 4) is 0 Å². The molecule has 0 atom stereocenters. The molecule has 4 nitrogen and oxygen atoms in total. The SMILES string of the molecule is CCN(CC)C(=O)Cn1c(CCl)nc2ccc(F)cc21. The van der Waals surface area contributed by atoms with Gasteiger partial charge in [0.15, 0.2) is 0 Å². The molecule has 0 saturated carbocycles. The lowest BCUT2D eigenvalue weighted by atomic mass is 10.3. The number of hydrogen-bond donors (Lipinski definition) is 0. The zero-order valence-corrected chi connectivity index (χ0v) is 12.3. The molecule has 1 heterocycles. The first-order chi connectivity index (χ1) is 9.60. The normalized spacial score (nSPS) is 11.0. The molecule has 0 saturated heterocycles. The Morgan fingerprint density at radius 3 is 2.70 bits per heavy atom. The van der Waals surface area contributed by atoms with Crippen LogP contribution in [-0.4, -0.2) is 33.4 Å². The Labute approximate surface area is 122 Å². The van der Waals surface area contributed by atoms with Crippen molar-refractivity contribution < 1.29 is 9.18 Å². The number of fused-ring (bicyclic) bond motifs is 1. The fourth-order valence-corrected chi connectivity index (χ4v) is 2.44. The van der Waals surface area contributed by atoms with Gasteiger partial charge in [-0.25, -0.2) is 9.37 Å². The van der Waals surface area contributed by atoms with Gasteiger partial charge in [-0.15, -0.1) is 11.6 Å². The number of likely N-dealkylation sites (N-methyl/N-ethyl adjacent to an activating group) is 1. The molecule has 1 aromatic heterocycles. The minimum Gasteiger partial charge on any atom is -0.342 e. The van der Waals surface area contributed by atoms with Crippen LogP contribution in [0.25, 0.3) is 11.0 Å². The van der Waals surface area contributed by atoms with Gasteiger partial charge in [-0.2, -0.15) is 0 Å². The summed E-state index contributed by atoms with van der Waals surface area (Å²) in [5, 5.41) is 0. The van der Waals surface area contributed by atoms with Crippen molar-refractivity contribution in [2.75, 3.05) is 13.1 Å². The summed E-state index contributed by atoms with van der Waals surface area (Å²) >= 11 is 5.87. The Hall–Kier alpha value is -1.62. The molecule has 1 aromatic carbocycles. The Balaban J connectivity index is 2.41. The highest BCUT2D eigenvalue weighted by molar-refractivity contribution is 6.16. The third-order valence-electron chi connectivity index (χ3n) is 3.32. The van der Waals surface area contributed by atoms with Gasteiger partial charge in [-0.05, 0) is 32.0 Å². The van der Waals surface area contributed by atoms with Crippen molar-refractivity contribution >= 4 is 28.5 Å². The molecule has 0 bridgehead atoms. The van der Waals surface area contributed by atoms with Gasteiger partial charge in [-0.3, -0.25) is 4.79 Å². The second-order valence-electron chi connectivity index (χ2n) is 4.45. The number of nitrogens with zero attached hydrogens (tertiary/aromatic N) is 3. The quantitative estimate of drug-likeness (QED) is 0.796. The fraction of sp³-hybridized carbons (Fsp3) is 0.429. The number of aromatic nitrogens is 2. The molecular formula is C14H17ClFN3O. The highest BCUT2D eigenvalue weighted by atomic mass is 35.5. The molecule has 0 radical (unpaired) electrons. The van der Waals surface area contributed by atoms with Crippen molar-refractivity contribution in [3.05, 3.63) is 29.8 Å². The van der Waals surface area contributed by atoms with Gasteiger partial charge in [0, 0.05) is 13.1 Å². The number of imidazole rings is 1. The Bertz CT molecular complexity index is 622. The average molecular weight is 298 g/mol. The lowest BCUT2D eigenvalue weighted by molar-refractivity contribution is -0.131. The predicted octanol–water partition coefficient (Wildman–Crippen LogP) is 2.78. The molecule has 0 aliphatic rings. The van der Waals surface area contributed by atoms with Crippen LogP contribution in [0.15, 0.2) is 18.2 Å². The molecule has 0 aliphatic carbocycles. The van der Waals surface area contributed by atoms with Crippen LogP contribution >= 0.6 is 11.6 Å². The first kappa shape index (κ1) is 14.8. The molecular weight excluding hydrogens is 281 g/mol. The number of carbonyl (C=O) groups is 1. The smallest absolute Gasteiger partial charge is 0.242 e. The van der Waals surface area contributed by atoms with E-state index < -0.39 is 0 Å². The van der Waals surface area contributed by atoms with Crippen LogP contribution in [0.2, 0.25) is 0 Å². The van der Waals surface area contributed by atoms with E-state index >= 15 is 0 Å². The number of benzene rings is 1. The summed E-state index contributed by atoms with van der Waals surface area (Å²) in [7, 11) is 0. The third kappa shape index (κ3) is 2.77. The van der Waals surface area contributed by atoms with Crippen LogP contribution in [0.5, 0.6) is 0 Å². The molecule has 20 heavy (non-hydrogen) atoms. The lowest BCUT2D eigenvalue weighted by Gasteiger charge is -2.19. The minimum absolute atomic E-state index is 0.0232. The molecule has 0 aliphatic heterocycles. The monoisotopic (exact) mass is 297 g/mol. The molecule has 6 heteroatoms. The molecule has 2 rings (SSSR count). The number of hydrogen-bond acceptors (Lipinski definition) is 2. The maximum absolute atomic E-state index is 13.4. The van der Waals surface area contributed by atoms with E-state index in [1.807, 2.05) is 13.8 Å². The number of alkyl halides is 1. The highest BCUT2D eigenvalue weighted by Crippen LogP contribution is 2.19. The van der Waals surface area contributed by atoms with Gasteiger partial charge in [0.2, 0.25) is 5.91 Å². The maximum Gasteiger partial charge on any atom is 0.242 e. The number of carbonyl (C=O) groups excluding carboxylic acids is 1. The van der Waals surface area contributed by atoms with Crippen molar-refractivity contribution in [2.45, 2.75) is 26.3 Å². The molecule has 0 unspecified atom stereocenters. The molecule has 0 spiro atoms. The van der Waals surface area contributed by atoms with Crippen LogP contribution in [0.4, 0.5) is 4.39 Å². The summed E-state index contributed by atoms with van der Waals surface area (Å²) in [6.07, 6.45) is 0. The van der Waals surface area contributed by atoms with E-state index in [4.69, 9.17) is 11.6 Å². The molecule has 0 fully saturated rings. The Morgan fingerprint density at radius 1 is 1.40 bits per heavy atom. The van der Waals surface area contributed by atoms with Crippen molar-refractivity contribution in [3.63, 3.8) is 0 Å². The standard InChI is InChI=1S/C14H17ClFN3O/c1-3-18(4-2)14(20)9-19-12-7-10(16)5-6-11(12)17-13(19)8-15/h5-7H,3-4,8-9H2,1-2H3. The van der Waals surface area contributed by atoms with Gasteiger partial charge < -0.3 is 9.47 Å². The summed E-state index contributed by atoms with van der Waals surface area (Å²) in [5.41, 5.74) is 1.25. The van der Waals surface area contributed by atoms with Crippen molar-refractivity contribution in [2.24, 2.45) is 0 Å². The van der Waals surface area contributed by atoms with E-state index in [-0.39, 0.29) is 24.1 Å². The number of amides is 1. The first-order valence-electron chi connectivity index (χ1n) is 6.59. The zero-order valence-electron chi connectivity index (χ0n) is 11.6. The Morgan fingerprint density at radius 2 is 2.10 bits per heavy atom. The lowest BCUT2D eigenvalue weighted by Crippen LogP contribution is -2.33. The third-order valence-corrected chi connectivity index (χ3v) is 3.56.